The fraction of sp³-hybridized carbons (Fsp3) is 0.625. The summed E-state index contributed by atoms with van der Waals surface area (Å²) in [5.41, 5.74) is 3.05. The molecule has 1 fully saturated rings. The molecule has 7 heteroatoms. The van der Waals surface area contributed by atoms with Crippen LogP contribution in [0.5, 0.6) is 0 Å². The number of nitrogens with one attached hydrogen (secondary N) is 1. The van der Waals surface area contributed by atoms with Crippen molar-refractivity contribution in [3.63, 3.8) is 0 Å². The van der Waals surface area contributed by atoms with Crippen molar-refractivity contribution in [3.8, 4) is 0 Å². The highest BCUT2D eigenvalue weighted by atomic mass is 16.2. The zero-order valence-electron chi connectivity index (χ0n) is 14.0. The van der Waals surface area contributed by atoms with Crippen molar-refractivity contribution in [2.45, 2.75) is 45.6 Å². The van der Waals surface area contributed by atoms with Gasteiger partial charge in [-0.25, -0.2) is 9.50 Å². The zero-order valence-corrected chi connectivity index (χ0v) is 14.0. The second-order valence-electron chi connectivity index (χ2n) is 6.17. The Bertz CT molecular complexity index is 710. The molecule has 3 heterocycles. The van der Waals surface area contributed by atoms with Gasteiger partial charge in [0.1, 0.15) is 6.33 Å². The normalized spacial score (nSPS) is 18.0. The van der Waals surface area contributed by atoms with Gasteiger partial charge in [0, 0.05) is 36.9 Å². The van der Waals surface area contributed by atoms with Crippen molar-refractivity contribution in [3.05, 3.63) is 23.3 Å². The number of hydrogen-bond donors (Lipinski definition) is 1. The molecule has 1 N–H and O–H groups in total. The lowest BCUT2D eigenvalue weighted by Gasteiger charge is -2.24. The van der Waals surface area contributed by atoms with Gasteiger partial charge in [0.25, 0.3) is 5.78 Å². The van der Waals surface area contributed by atoms with E-state index in [0.29, 0.717) is 24.7 Å². The van der Waals surface area contributed by atoms with Crippen molar-refractivity contribution in [2.75, 3.05) is 20.1 Å². The molecule has 124 valence electrons. The van der Waals surface area contributed by atoms with Crippen LogP contribution in [0.4, 0.5) is 0 Å². The fourth-order valence-electron chi connectivity index (χ4n) is 3.50. The van der Waals surface area contributed by atoms with E-state index < -0.39 is 0 Å². The Balaban J connectivity index is 1.72. The highest BCUT2D eigenvalue weighted by Gasteiger charge is 2.27. The first-order valence-electron chi connectivity index (χ1n) is 8.21. The molecular weight excluding hydrogens is 292 g/mol. The minimum Gasteiger partial charge on any atom is -0.338 e. The number of carbonyl (C=O) groups is 1. The number of likely N-dealkylation sites (N-methyl/N-ethyl adjacent to an activating group) is 1. The second kappa shape index (κ2) is 6.62. The van der Waals surface area contributed by atoms with Crippen LogP contribution in [0.25, 0.3) is 5.78 Å². The number of aryl methyl sites for hydroxylation is 2. The van der Waals surface area contributed by atoms with Crippen LogP contribution in [0.3, 0.4) is 0 Å². The monoisotopic (exact) mass is 316 g/mol. The first-order chi connectivity index (χ1) is 11.1. The van der Waals surface area contributed by atoms with E-state index in [1.54, 1.807) is 4.52 Å². The third-order valence-electron chi connectivity index (χ3n) is 4.71. The number of carbonyl (C=O) groups excluding carboxylic acids is 1. The molecule has 1 aliphatic rings. The number of fused-ring (bicyclic) bond motifs is 1. The summed E-state index contributed by atoms with van der Waals surface area (Å²) in [6.07, 6.45) is 4.92. The van der Waals surface area contributed by atoms with Crippen LogP contribution in [0.15, 0.2) is 6.33 Å². The summed E-state index contributed by atoms with van der Waals surface area (Å²) in [6.45, 7) is 5.73. The summed E-state index contributed by atoms with van der Waals surface area (Å²) in [7, 11) is 1.94. The molecule has 0 radical (unpaired) electrons. The van der Waals surface area contributed by atoms with E-state index in [-0.39, 0.29) is 5.91 Å². The minimum absolute atomic E-state index is 0.236. The lowest BCUT2D eigenvalue weighted by molar-refractivity contribution is -0.131. The average molecular weight is 316 g/mol. The highest BCUT2D eigenvalue weighted by Crippen LogP contribution is 2.20. The molecule has 0 aliphatic carbocycles. The Morgan fingerprint density at radius 1 is 1.43 bits per heavy atom. The van der Waals surface area contributed by atoms with E-state index in [2.05, 4.69) is 20.4 Å². The van der Waals surface area contributed by atoms with Gasteiger partial charge in [-0.2, -0.15) is 10.1 Å². The number of likely N-dealkylation sites (tertiary alicyclic amines) is 1. The number of nitrogens with zero attached hydrogens (tertiary/aromatic N) is 5. The quantitative estimate of drug-likeness (QED) is 0.886. The van der Waals surface area contributed by atoms with Gasteiger partial charge in [-0.05, 0) is 45.7 Å². The molecule has 1 aliphatic heterocycles. The fourth-order valence-corrected chi connectivity index (χ4v) is 3.50. The van der Waals surface area contributed by atoms with Crippen LogP contribution in [0.2, 0.25) is 0 Å². The number of amides is 1. The molecule has 2 aromatic heterocycles. The van der Waals surface area contributed by atoms with E-state index in [1.165, 1.54) is 6.33 Å². The van der Waals surface area contributed by atoms with Crippen molar-refractivity contribution >= 4 is 11.7 Å². The summed E-state index contributed by atoms with van der Waals surface area (Å²) < 4.78 is 1.74. The molecule has 1 saturated heterocycles. The SMILES string of the molecule is CNCC1CCCN1C(=O)CCc1c(C)nc2ncnn2c1C. The highest BCUT2D eigenvalue weighted by molar-refractivity contribution is 5.77. The molecule has 7 nitrogen and oxygen atoms in total. The standard InChI is InChI=1S/C16H24N6O/c1-11-14(12(2)22-16(20-11)18-10-19-22)6-7-15(23)21-8-4-5-13(21)9-17-3/h10,13,17H,4-9H2,1-3H3. The predicted octanol–water partition coefficient (Wildman–Crippen LogP) is 0.884. The van der Waals surface area contributed by atoms with Gasteiger partial charge < -0.3 is 10.2 Å². The molecule has 0 spiro atoms. The van der Waals surface area contributed by atoms with Crippen molar-refractivity contribution in [1.82, 2.24) is 29.8 Å². The van der Waals surface area contributed by atoms with Crippen LogP contribution in [-0.4, -0.2) is 56.6 Å². The third kappa shape index (κ3) is 3.06. The maximum absolute atomic E-state index is 12.6. The molecule has 0 saturated carbocycles. The van der Waals surface area contributed by atoms with Gasteiger partial charge in [0.15, 0.2) is 0 Å². The predicted molar refractivity (Wildman–Crippen MR) is 87.2 cm³/mol. The van der Waals surface area contributed by atoms with E-state index in [0.717, 1.165) is 42.9 Å². The number of hydrogen-bond acceptors (Lipinski definition) is 5. The second-order valence-corrected chi connectivity index (χ2v) is 6.17. The lowest BCUT2D eigenvalue weighted by atomic mass is 10.1. The Labute approximate surface area is 136 Å². The molecular formula is C16H24N6O. The molecule has 23 heavy (non-hydrogen) atoms. The molecule has 1 atom stereocenters. The largest absolute Gasteiger partial charge is 0.338 e. The summed E-state index contributed by atoms with van der Waals surface area (Å²) >= 11 is 0. The molecule has 1 amide bonds. The first-order valence-corrected chi connectivity index (χ1v) is 8.21. The average Bonchev–Trinajstić information content (AvgIpc) is 3.16. The first kappa shape index (κ1) is 15.9. The van der Waals surface area contributed by atoms with Crippen LogP contribution < -0.4 is 5.32 Å². The van der Waals surface area contributed by atoms with E-state index in [1.807, 2.05) is 25.8 Å². The molecule has 2 aromatic rings. The van der Waals surface area contributed by atoms with Crippen LogP contribution in [0.1, 0.15) is 36.2 Å². The summed E-state index contributed by atoms with van der Waals surface area (Å²) in [4.78, 5) is 23.2. The Kier molecular flexibility index (Phi) is 4.56. The van der Waals surface area contributed by atoms with Gasteiger partial charge in [-0.15, -0.1) is 0 Å². The van der Waals surface area contributed by atoms with Gasteiger partial charge in [-0.1, -0.05) is 0 Å². The van der Waals surface area contributed by atoms with Crippen LogP contribution in [0, 0.1) is 13.8 Å². The van der Waals surface area contributed by atoms with Crippen molar-refractivity contribution < 1.29 is 4.79 Å². The van der Waals surface area contributed by atoms with Gasteiger partial charge in [-0.3, -0.25) is 4.79 Å². The van der Waals surface area contributed by atoms with Crippen LogP contribution >= 0.6 is 0 Å². The topological polar surface area (TPSA) is 75.4 Å². The molecule has 3 rings (SSSR count). The van der Waals surface area contributed by atoms with Crippen LogP contribution in [-0.2, 0) is 11.2 Å². The van der Waals surface area contributed by atoms with Gasteiger partial charge in [0.05, 0.1) is 0 Å². The minimum atomic E-state index is 0.236. The Hall–Kier alpha value is -2.02. The van der Waals surface area contributed by atoms with E-state index >= 15 is 0 Å². The number of rotatable bonds is 5. The Morgan fingerprint density at radius 3 is 3.04 bits per heavy atom. The zero-order chi connectivity index (χ0) is 16.4. The smallest absolute Gasteiger partial charge is 0.252 e. The van der Waals surface area contributed by atoms with Gasteiger partial charge in [0.2, 0.25) is 5.91 Å². The maximum atomic E-state index is 12.6. The summed E-state index contributed by atoms with van der Waals surface area (Å²) in [5.74, 6) is 0.851. The summed E-state index contributed by atoms with van der Waals surface area (Å²) in [6, 6.07) is 0.339. The van der Waals surface area contributed by atoms with Crippen molar-refractivity contribution in [1.29, 1.82) is 0 Å². The molecule has 0 aromatic carbocycles. The van der Waals surface area contributed by atoms with Gasteiger partial charge >= 0.3 is 0 Å². The van der Waals surface area contributed by atoms with E-state index in [9.17, 15) is 4.79 Å². The Morgan fingerprint density at radius 2 is 2.26 bits per heavy atom. The van der Waals surface area contributed by atoms with E-state index in [4.69, 9.17) is 0 Å². The third-order valence-corrected chi connectivity index (χ3v) is 4.71. The molecule has 0 bridgehead atoms. The molecule has 1 unspecified atom stereocenters. The number of aromatic nitrogens is 4. The maximum Gasteiger partial charge on any atom is 0.252 e. The van der Waals surface area contributed by atoms with Crippen molar-refractivity contribution in [2.24, 2.45) is 0 Å². The summed E-state index contributed by atoms with van der Waals surface area (Å²) in [5, 5.41) is 7.38. The lowest BCUT2D eigenvalue weighted by Crippen LogP contribution is -2.40.